The Labute approximate surface area is 291 Å². The molecular formula is C45H33N5. The van der Waals surface area contributed by atoms with Gasteiger partial charge in [-0.05, 0) is 79.7 Å². The minimum absolute atomic E-state index is 0.799. The van der Waals surface area contributed by atoms with Gasteiger partial charge in [-0.25, -0.2) is 0 Å². The molecular weight excluding hydrogens is 611 g/mol. The minimum atomic E-state index is 0.799. The minimum Gasteiger partial charge on any atom is -0.311 e. The summed E-state index contributed by atoms with van der Waals surface area (Å²) in [5.41, 5.74) is 11.0. The van der Waals surface area contributed by atoms with E-state index < -0.39 is 0 Å². The molecule has 0 saturated heterocycles. The average Bonchev–Trinajstić information content (AvgIpc) is 3.77. The maximum absolute atomic E-state index is 4.67. The summed E-state index contributed by atoms with van der Waals surface area (Å²) in [5.74, 6) is 1.60. The average molecular weight is 644 g/mol. The molecule has 2 aromatic heterocycles. The first kappa shape index (κ1) is 29.4. The first-order valence-electron chi connectivity index (χ1n) is 16.8. The highest BCUT2D eigenvalue weighted by molar-refractivity contribution is 6.09. The fourth-order valence-corrected chi connectivity index (χ4v) is 6.92. The van der Waals surface area contributed by atoms with Crippen LogP contribution >= 0.6 is 0 Å². The smallest absolute Gasteiger partial charge is 0.168 e. The van der Waals surface area contributed by atoms with Gasteiger partial charge in [0.2, 0.25) is 0 Å². The summed E-state index contributed by atoms with van der Waals surface area (Å²) in [6.07, 6.45) is 0. The number of aromatic nitrogens is 4. The molecule has 0 atom stereocenters. The lowest BCUT2D eigenvalue weighted by molar-refractivity contribution is 1.07. The predicted octanol–water partition coefficient (Wildman–Crippen LogP) is 11.5. The molecule has 0 aliphatic rings. The first-order valence-corrected chi connectivity index (χ1v) is 16.8. The summed E-state index contributed by atoms with van der Waals surface area (Å²) < 4.78 is 4.50. The van der Waals surface area contributed by atoms with Gasteiger partial charge in [0.1, 0.15) is 0 Å². The van der Waals surface area contributed by atoms with E-state index in [0.717, 1.165) is 51.2 Å². The van der Waals surface area contributed by atoms with Crippen LogP contribution in [-0.2, 0) is 0 Å². The Balaban J connectivity index is 1.14. The number of aryl methyl sites for hydroxylation is 1. The van der Waals surface area contributed by atoms with Gasteiger partial charge in [0.05, 0.1) is 11.0 Å². The molecule has 0 saturated carbocycles. The van der Waals surface area contributed by atoms with Crippen LogP contribution in [0.5, 0.6) is 0 Å². The van der Waals surface area contributed by atoms with Crippen molar-refractivity contribution in [1.82, 2.24) is 19.3 Å². The molecule has 50 heavy (non-hydrogen) atoms. The Morgan fingerprint density at radius 3 is 1.22 bits per heavy atom. The van der Waals surface area contributed by atoms with E-state index in [1.165, 1.54) is 27.4 Å². The fraction of sp³-hybridized carbons (Fsp3) is 0.0222. The Morgan fingerprint density at radius 1 is 0.380 bits per heavy atom. The molecule has 0 radical (unpaired) electrons. The van der Waals surface area contributed by atoms with Crippen LogP contribution in [0.3, 0.4) is 0 Å². The van der Waals surface area contributed by atoms with Crippen molar-refractivity contribution in [2.75, 3.05) is 4.90 Å². The summed E-state index contributed by atoms with van der Waals surface area (Å²) in [5, 5.41) is 11.8. The van der Waals surface area contributed by atoms with Gasteiger partial charge in [-0.3, -0.25) is 4.57 Å². The summed E-state index contributed by atoms with van der Waals surface area (Å²) in [6.45, 7) is 2.12. The molecule has 5 nitrogen and oxygen atoms in total. The topological polar surface area (TPSA) is 38.9 Å². The molecule has 0 unspecified atom stereocenters. The number of benzene rings is 7. The monoisotopic (exact) mass is 643 g/mol. The summed E-state index contributed by atoms with van der Waals surface area (Å²) in [4.78, 5) is 2.31. The summed E-state index contributed by atoms with van der Waals surface area (Å²) in [6, 6.07) is 64.0. The molecule has 0 fully saturated rings. The van der Waals surface area contributed by atoms with Crippen molar-refractivity contribution in [2.45, 2.75) is 6.92 Å². The molecule has 0 bridgehead atoms. The van der Waals surface area contributed by atoms with Crippen LogP contribution in [0.15, 0.2) is 182 Å². The second kappa shape index (κ2) is 12.4. The van der Waals surface area contributed by atoms with E-state index in [1.807, 2.05) is 36.4 Å². The number of fused-ring (bicyclic) bond motifs is 3. The second-order valence-electron chi connectivity index (χ2n) is 12.5. The highest BCUT2D eigenvalue weighted by Crippen LogP contribution is 2.38. The van der Waals surface area contributed by atoms with Gasteiger partial charge in [-0.15, -0.1) is 10.2 Å². The molecule has 7 aromatic carbocycles. The number of nitrogens with zero attached hydrogens (tertiary/aromatic N) is 5. The van der Waals surface area contributed by atoms with E-state index in [9.17, 15) is 0 Å². The maximum atomic E-state index is 4.67. The molecule has 0 aliphatic heterocycles. The van der Waals surface area contributed by atoms with Crippen LogP contribution in [0.1, 0.15) is 5.56 Å². The molecule has 0 N–H and O–H groups in total. The first-order chi connectivity index (χ1) is 24.7. The number of hydrogen-bond donors (Lipinski definition) is 0. The molecule has 9 aromatic rings. The number of para-hydroxylation sites is 2. The zero-order valence-electron chi connectivity index (χ0n) is 27.6. The van der Waals surface area contributed by atoms with Crippen LogP contribution in [0.2, 0.25) is 0 Å². The highest BCUT2D eigenvalue weighted by Gasteiger charge is 2.19. The summed E-state index contributed by atoms with van der Waals surface area (Å²) >= 11 is 0. The molecule has 238 valence electrons. The predicted molar refractivity (Wildman–Crippen MR) is 206 cm³/mol. The van der Waals surface area contributed by atoms with E-state index >= 15 is 0 Å². The van der Waals surface area contributed by atoms with Crippen LogP contribution in [-0.4, -0.2) is 19.3 Å². The van der Waals surface area contributed by atoms with Crippen molar-refractivity contribution in [1.29, 1.82) is 0 Å². The van der Waals surface area contributed by atoms with Crippen molar-refractivity contribution < 1.29 is 0 Å². The van der Waals surface area contributed by atoms with E-state index in [4.69, 9.17) is 0 Å². The highest BCUT2D eigenvalue weighted by atomic mass is 15.3. The number of hydrogen-bond acceptors (Lipinski definition) is 3. The van der Waals surface area contributed by atoms with Crippen molar-refractivity contribution >= 4 is 38.9 Å². The van der Waals surface area contributed by atoms with Crippen LogP contribution in [0.4, 0.5) is 17.1 Å². The van der Waals surface area contributed by atoms with Crippen LogP contribution in [0.25, 0.3) is 56.0 Å². The van der Waals surface area contributed by atoms with Gasteiger partial charge in [0.25, 0.3) is 0 Å². The lowest BCUT2D eigenvalue weighted by Gasteiger charge is -2.26. The zero-order chi connectivity index (χ0) is 33.4. The normalized spacial score (nSPS) is 11.3. The standard InChI is InChI=1S/C45H33N5/c1-32-20-22-35(23-21-32)48(36-24-28-38(29-25-36)49-42-18-10-8-16-40(42)41-17-9-11-19-43(41)49)37-26-30-39(31-27-37)50-44(33-12-4-2-5-13-33)46-47-45(50)34-14-6-3-7-15-34/h2-31H,1H3. The summed E-state index contributed by atoms with van der Waals surface area (Å²) in [7, 11) is 0. The Morgan fingerprint density at radius 2 is 0.760 bits per heavy atom. The van der Waals surface area contributed by atoms with Gasteiger partial charge < -0.3 is 9.47 Å². The second-order valence-corrected chi connectivity index (χ2v) is 12.5. The van der Waals surface area contributed by atoms with Crippen molar-refractivity contribution in [2.24, 2.45) is 0 Å². The lowest BCUT2D eigenvalue weighted by Crippen LogP contribution is -2.10. The van der Waals surface area contributed by atoms with E-state index in [0.29, 0.717) is 0 Å². The molecule has 9 rings (SSSR count). The SMILES string of the molecule is Cc1ccc(N(c2ccc(-n3c(-c4ccccc4)nnc3-c3ccccc3)cc2)c2ccc(-n3c4ccccc4c4ccccc43)cc2)cc1. The van der Waals surface area contributed by atoms with E-state index in [-0.39, 0.29) is 0 Å². The third-order valence-electron chi connectivity index (χ3n) is 9.33. The van der Waals surface area contributed by atoms with Gasteiger partial charge >= 0.3 is 0 Å². The molecule has 2 heterocycles. The molecule has 0 amide bonds. The van der Waals surface area contributed by atoms with E-state index in [1.54, 1.807) is 0 Å². The Kier molecular flexibility index (Phi) is 7.29. The quantitative estimate of drug-likeness (QED) is 0.173. The zero-order valence-corrected chi connectivity index (χ0v) is 27.6. The van der Waals surface area contributed by atoms with Crippen LogP contribution in [0, 0.1) is 6.92 Å². The largest absolute Gasteiger partial charge is 0.311 e. The van der Waals surface area contributed by atoms with Crippen molar-refractivity contribution in [3.63, 3.8) is 0 Å². The van der Waals surface area contributed by atoms with Gasteiger partial charge in [-0.2, -0.15) is 0 Å². The van der Waals surface area contributed by atoms with Gasteiger partial charge in [0.15, 0.2) is 11.6 Å². The lowest BCUT2D eigenvalue weighted by atomic mass is 10.1. The molecule has 0 aliphatic carbocycles. The third kappa shape index (κ3) is 5.13. The Bertz CT molecular complexity index is 2460. The van der Waals surface area contributed by atoms with Crippen molar-refractivity contribution in [3.05, 3.63) is 188 Å². The maximum Gasteiger partial charge on any atom is 0.168 e. The molecule has 5 heteroatoms. The number of anilines is 3. The van der Waals surface area contributed by atoms with Gasteiger partial charge in [0, 0.05) is 50.3 Å². The van der Waals surface area contributed by atoms with Crippen molar-refractivity contribution in [3.8, 4) is 34.2 Å². The molecule has 0 spiro atoms. The number of rotatable bonds is 7. The third-order valence-corrected chi connectivity index (χ3v) is 9.33. The van der Waals surface area contributed by atoms with E-state index in [2.05, 4.69) is 177 Å². The Hall–Kier alpha value is -6.72. The fourth-order valence-electron chi connectivity index (χ4n) is 6.92. The van der Waals surface area contributed by atoms with Crippen LogP contribution < -0.4 is 4.90 Å². The van der Waals surface area contributed by atoms with Gasteiger partial charge in [-0.1, -0.05) is 115 Å².